The summed E-state index contributed by atoms with van der Waals surface area (Å²) in [5.74, 6) is -4.50. The predicted octanol–water partition coefficient (Wildman–Crippen LogP) is -0.188. The van der Waals surface area contributed by atoms with Crippen molar-refractivity contribution < 1.29 is 114 Å². The SMILES string of the molecule is C=C(C)C(=O)OC[CH-]COc1cccc(C(=O)N(CP(=O)(O)O)CP(=O)(O)O)c1C(=O)N(CP(=O)(O)O)CP(=O)(O)O.[Y]. The van der Waals surface area contributed by atoms with Gasteiger partial charge in [-0.15, -0.1) is 0 Å². The van der Waals surface area contributed by atoms with Gasteiger partial charge in [-0.1, -0.05) is 12.6 Å². The van der Waals surface area contributed by atoms with Gasteiger partial charge in [-0.2, -0.15) is 0 Å². The topological polar surface area (TPSA) is 306 Å². The Balaban J connectivity index is 0.0000176. The van der Waals surface area contributed by atoms with E-state index in [4.69, 9.17) is 9.47 Å². The molecule has 1 radical (unpaired) electrons. The second kappa shape index (κ2) is 17.0. The summed E-state index contributed by atoms with van der Waals surface area (Å²) >= 11 is 0. The molecule has 0 aromatic heterocycles. The number of ether oxygens (including phenoxy) is 2. The molecule has 0 spiro atoms. The monoisotopic (exact) mass is 770 g/mol. The molecule has 1 rings (SSSR count). The summed E-state index contributed by atoms with van der Waals surface area (Å²) in [5, 5.41) is 0. The molecule has 8 N–H and O–H groups in total. The van der Waals surface area contributed by atoms with Crippen LogP contribution in [-0.4, -0.2) is 105 Å². The van der Waals surface area contributed by atoms with E-state index in [-0.39, 0.29) is 54.7 Å². The number of nitrogens with zero attached hydrogens (tertiary/aromatic N) is 2. The van der Waals surface area contributed by atoms with Gasteiger partial charge < -0.3 is 58.4 Å². The van der Waals surface area contributed by atoms with Crippen molar-refractivity contribution >= 4 is 48.2 Å². The van der Waals surface area contributed by atoms with Crippen LogP contribution in [0.4, 0.5) is 0 Å². The molecule has 2 amide bonds. The number of hydrogen-bond donors (Lipinski definition) is 8. The number of hydrogen-bond acceptors (Lipinski definition) is 9. The van der Waals surface area contributed by atoms with Crippen LogP contribution in [0.15, 0.2) is 30.4 Å². The summed E-state index contributed by atoms with van der Waals surface area (Å²) < 4.78 is 56.7. The first-order valence-corrected chi connectivity index (χ1v) is 18.3. The number of carbonyl (C=O) groups is 3. The minimum absolute atomic E-state index is 0. The van der Waals surface area contributed by atoms with Crippen molar-refractivity contribution in [2.45, 2.75) is 6.92 Å². The summed E-state index contributed by atoms with van der Waals surface area (Å²) in [7, 11) is -20.7. The Kier molecular flexibility index (Phi) is 16.5. The molecule has 0 bridgehead atoms. The predicted molar refractivity (Wildman–Crippen MR) is 142 cm³/mol. The van der Waals surface area contributed by atoms with Crippen LogP contribution in [0.1, 0.15) is 27.6 Å². The summed E-state index contributed by atoms with van der Waals surface area (Å²) in [6.07, 6.45) is -4.98. The first-order valence-electron chi connectivity index (χ1n) is 11.1. The molecule has 0 saturated carbocycles. The number of carbonyl (C=O) groups excluding carboxylic acids is 3. The summed E-state index contributed by atoms with van der Waals surface area (Å²) in [6, 6.07) is 2.92. The molecule has 241 valence electrons. The van der Waals surface area contributed by atoms with Crippen LogP contribution >= 0.6 is 30.4 Å². The van der Waals surface area contributed by atoms with Gasteiger partial charge in [0.25, 0.3) is 11.8 Å². The third-order valence-corrected chi connectivity index (χ3v) is 7.34. The summed E-state index contributed by atoms with van der Waals surface area (Å²) in [4.78, 5) is 113. The second-order valence-corrected chi connectivity index (χ2v) is 15.0. The van der Waals surface area contributed by atoms with Crippen molar-refractivity contribution in [3.05, 3.63) is 47.9 Å². The number of benzene rings is 1. The largest absolute Gasteiger partial charge is 0.524 e. The zero-order chi connectivity index (χ0) is 32.7. The molecular formula is C19H29N2O17P4Y-. The molecular weight excluding hydrogens is 741 g/mol. The van der Waals surface area contributed by atoms with Crippen molar-refractivity contribution in [1.29, 1.82) is 0 Å². The van der Waals surface area contributed by atoms with Crippen molar-refractivity contribution in [2.24, 2.45) is 0 Å². The average molecular weight is 770 g/mol. The van der Waals surface area contributed by atoms with E-state index in [0.717, 1.165) is 18.2 Å². The molecule has 0 aliphatic heterocycles. The molecule has 1 aromatic rings. The zero-order valence-corrected chi connectivity index (χ0v) is 28.7. The molecule has 43 heavy (non-hydrogen) atoms. The number of rotatable bonds is 16. The average Bonchev–Trinajstić information content (AvgIpc) is 2.78. The number of esters is 1. The van der Waals surface area contributed by atoms with Crippen molar-refractivity contribution in [3.63, 3.8) is 0 Å². The Morgan fingerprint density at radius 1 is 0.767 bits per heavy atom. The van der Waals surface area contributed by atoms with E-state index in [9.17, 15) is 71.8 Å². The van der Waals surface area contributed by atoms with Gasteiger partial charge >= 0.3 is 36.4 Å². The van der Waals surface area contributed by atoms with E-state index in [2.05, 4.69) is 6.58 Å². The van der Waals surface area contributed by atoms with E-state index >= 15 is 0 Å². The molecule has 0 aliphatic carbocycles. The first-order chi connectivity index (χ1) is 18.9. The first kappa shape index (κ1) is 41.9. The maximum atomic E-state index is 13.5. The minimum Gasteiger partial charge on any atom is -0.524 e. The van der Waals surface area contributed by atoms with E-state index in [0.29, 0.717) is 0 Å². The molecule has 0 aliphatic rings. The Labute approximate surface area is 269 Å². The fourth-order valence-corrected chi connectivity index (χ4v) is 6.08. The Bertz CT molecular complexity index is 1330. The Hall–Kier alpha value is -1.13. The quantitative estimate of drug-likeness (QED) is 0.0355. The summed E-state index contributed by atoms with van der Waals surface area (Å²) in [5.41, 5.74) is -1.72. The number of amides is 2. The van der Waals surface area contributed by atoms with Crippen molar-refractivity contribution in [1.82, 2.24) is 9.80 Å². The normalized spacial score (nSPS) is 12.1. The molecule has 1 aromatic carbocycles. The van der Waals surface area contributed by atoms with Gasteiger partial charge in [-0.25, -0.2) is 4.79 Å². The van der Waals surface area contributed by atoms with E-state index < -0.39 is 96.8 Å². The van der Waals surface area contributed by atoms with Gasteiger partial charge in [0.05, 0.1) is 11.1 Å². The summed E-state index contributed by atoms with van der Waals surface area (Å²) in [6.45, 7) is 3.95. The molecule has 19 nitrogen and oxygen atoms in total. The molecule has 24 heteroatoms. The van der Waals surface area contributed by atoms with E-state index in [1.807, 2.05) is 0 Å². The van der Waals surface area contributed by atoms with E-state index in [1.54, 1.807) is 0 Å². The molecule has 0 saturated heterocycles. The molecule has 0 unspecified atom stereocenters. The molecule has 0 atom stereocenters. The van der Waals surface area contributed by atoms with Crippen LogP contribution in [0.3, 0.4) is 0 Å². The van der Waals surface area contributed by atoms with Crippen LogP contribution in [-0.2, 0) is 60.5 Å². The van der Waals surface area contributed by atoms with Gasteiger partial charge in [-0.3, -0.25) is 34.3 Å². The van der Waals surface area contributed by atoms with Gasteiger partial charge in [-0.05, 0) is 32.3 Å². The third-order valence-electron chi connectivity index (χ3n) is 4.50. The Morgan fingerprint density at radius 2 is 1.19 bits per heavy atom. The van der Waals surface area contributed by atoms with Crippen molar-refractivity contribution in [2.75, 3.05) is 38.4 Å². The van der Waals surface area contributed by atoms with Crippen LogP contribution in [0.2, 0.25) is 0 Å². The molecule has 0 heterocycles. The van der Waals surface area contributed by atoms with Crippen molar-refractivity contribution in [3.8, 4) is 5.75 Å². The molecule has 0 fully saturated rings. The minimum atomic E-state index is -5.20. The van der Waals surface area contributed by atoms with Gasteiger partial charge in [0, 0.05) is 38.3 Å². The maximum Gasteiger partial charge on any atom is 0.344 e. The van der Waals surface area contributed by atoms with Crippen LogP contribution in [0.5, 0.6) is 5.75 Å². The smallest absolute Gasteiger partial charge is 0.344 e. The maximum absolute atomic E-state index is 13.5. The fraction of sp³-hybridized carbons (Fsp3) is 0.368. The standard InChI is InChI=1S/C19H29N2O17P4.Y/c1-13(2)19(24)38-8-4-7-37-15-6-3-5-14(17(22)20(9-39(25,26)27)10-40(28,29)30)16(15)18(23)21(11-41(31,32)33)12-42(34,35)36;/h3-6H,1,7-12H2,2H3,(H2,25,26,27)(H2,28,29,30)(H2,31,32,33)(H2,34,35,36);/q-1;. The van der Waals surface area contributed by atoms with Crippen LogP contribution in [0, 0.1) is 6.42 Å². The van der Waals surface area contributed by atoms with Gasteiger partial charge in [0.15, 0.2) is 0 Å². The Morgan fingerprint density at radius 3 is 1.58 bits per heavy atom. The zero-order valence-electron chi connectivity index (χ0n) is 22.3. The fourth-order valence-electron chi connectivity index (χ4n) is 3.07. The van der Waals surface area contributed by atoms with E-state index in [1.165, 1.54) is 13.3 Å². The third kappa shape index (κ3) is 16.7. The van der Waals surface area contributed by atoms with Gasteiger partial charge in [0.2, 0.25) is 0 Å². The van der Waals surface area contributed by atoms with Gasteiger partial charge in [0.1, 0.15) is 30.9 Å². The van der Waals surface area contributed by atoms with Crippen LogP contribution in [0.25, 0.3) is 0 Å². The van der Waals surface area contributed by atoms with Crippen LogP contribution < -0.4 is 4.74 Å². The second-order valence-electron chi connectivity index (χ2n) is 8.57.